The summed E-state index contributed by atoms with van der Waals surface area (Å²) in [6, 6.07) is 10.1. The number of carboxylic acid groups (broad SMARTS) is 1. The molecule has 2 amide bonds. The van der Waals surface area contributed by atoms with Crippen molar-refractivity contribution in [3.05, 3.63) is 75.3 Å². The van der Waals surface area contributed by atoms with Crippen molar-refractivity contribution >= 4 is 23.5 Å². The van der Waals surface area contributed by atoms with Crippen LogP contribution in [0.2, 0.25) is 0 Å². The first-order chi connectivity index (χ1) is 11.9. The van der Waals surface area contributed by atoms with Crippen molar-refractivity contribution in [2.24, 2.45) is 0 Å². The summed E-state index contributed by atoms with van der Waals surface area (Å²) < 4.78 is 0. The molecule has 0 fully saturated rings. The first-order valence-electron chi connectivity index (χ1n) is 7.33. The van der Waals surface area contributed by atoms with Crippen molar-refractivity contribution in [1.29, 1.82) is 0 Å². The molecule has 2 aromatic rings. The SMILES string of the molecule is O=C(O)[C@H](Cc1ccc([N+](=O)[O-])cc1)N1C(=O)c2ccccc2C1=O. The number of carboxylic acids is 1. The molecule has 0 saturated heterocycles. The molecule has 126 valence electrons. The van der Waals surface area contributed by atoms with Gasteiger partial charge in [-0.1, -0.05) is 24.3 Å². The molecule has 8 heteroatoms. The van der Waals surface area contributed by atoms with E-state index in [2.05, 4.69) is 0 Å². The van der Waals surface area contributed by atoms with Crippen molar-refractivity contribution in [2.75, 3.05) is 0 Å². The van der Waals surface area contributed by atoms with E-state index >= 15 is 0 Å². The van der Waals surface area contributed by atoms with E-state index in [9.17, 15) is 29.6 Å². The molecule has 1 N–H and O–H groups in total. The third-order valence-electron chi connectivity index (χ3n) is 4.00. The molecule has 1 atom stereocenters. The van der Waals surface area contributed by atoms with E-state index in [1.807, 2.05) is 0 Å². The van der Waals surface area contributed by atoms with Gasteiger partial charge in [-0.15, -0.1) is 0 Å². The van der Waals surface area contributed by atoms with Crippen molar-refractivity contribution in [3.8, 4) is 0 Å². The van der Waals surface area contributed by atoms with Gasteiger partial charge in [0.2, 0.25) is 0 Å². The second-order valence-corrected chi connectivity index (χ2v) is 5.51. The molecule has 25 heavy (non-hydrogen) atoms. The second-order valence-electron chi connectivity index (χ2n) is 5.51. The number of hydrogen-bond acceptors (Lipinski definition) is 5. The number of aliphatic carboxylic acids is 1. The van der Waals surface area contributed by atoms with E-state index < -0.39 is 28.7 Å². The number of carbonyl (C=O) groups excluding carboxylic acids is 2. The number of amides is 2. The maximum absolute atomic E-state index is 12.4. The third kappa shape index (κ3) is 2.85. The first-order valence-corrected chi connectivity index (χ1v) is 7.33. The lowest BCUT2D eigenvalue weighted by atomic mass is 10.0. The zero-order valence-electron chi connectivity index (χ0n) is 12.8. The van der Waals surface area contributed by atoms with Crippen LogP contribution < -0.4 is 0 Å². The van der Waals surface area contributed by atoms with Gasteiger partial charge >= 0.3 is 5.97 Å². The number of hydrogen-bond donors (Lipinski definition) is 1. The number of nitrogens with zero attached hydrogens (tertiary/aromatic N) is 2. The largest absolute Gasteiger partial charge is 0.480 e. The molecule has 0 radical (unpaired) electrons. The summed E-state index contributed by atoms with van der Waals surface area (Å²) in [6.07, 6.45) is -0.140. The number of non-ortho nitro benzene ring substituents is 1. The van der Waals surface area contributed by atoms with E-state index in [4.69, 9.17) is 0 Å². The van der Waals surface area contributed by atoms with Gasteiger partial charge in [0.15, 0.2) is 0 Å². The lowest BCUT2D eigenvalue weighted by Gasteiger charge is -2.22. The van der Waals surface area contributed by atoms with Crippen LogP contribution in [0, 0.1) is 10.1 Å². The van der Waals surface area contributed by atoms with Crippen LogP contribution in [0.5, 0.6) is 0 Å². The van der Waals surface area contributed by atoms with Crippen molar-refractivity contribution in [2.45, 2.75) is 12.5 Å². The zero-order chi connectivity index (χ0) is 18.1. The molecule has 8 nitrogen and oxygen atoms in total. The molecule has 1 aliphatic rings. The maximum Gasteiger partial charge on any atom is 0.327 e. The average molecular weight is 340 g/mol. The van der Waals surface area contributed by atoms with Gasteiger partial charge in [-0.25, -0.2) is 4.79 Å². The Morgan fingerprint density at radius 2 is 1.56 bits per heavy atom. The predicted molar refractivity (Wildman–Crippen MR) is 85.2 cm³/mol. The van der Waals surface area contributed by atoms with Crippen molar-refractivity contribution < 1.29 is 24.4 Å². The third-order valence-corrected chi connectivity index (χ3v) is 4.00. The fourth-order valence-corrected chi connectivity index (χ4v) is 2.76. The lowest BCUT2D eigenvalue weighted by molar-refractivity contribution is -0.384. The molecule has 0 aliphatic carbocycles. The van der Waals surface area contributed by atoms with Gasteiger partial charge in [-0.2, -0.15) is 0 Å². The first kappa shape index (κ1) is 16.3. The summed E-state index contributed by atoms with van der Waals surface area (Å²) in [4.78, 5) is 47.4. The number of benzene rings is 2. The normalized spacial score (nSPS) is 14.3. The molecule has 0 unspecified atom stereocenters. The van der Waals surface area contributed by atoms with Gasteiger partial charge in [0.1, 0.15) is 6.04 Å². The number of nitro benzene ring substituents is 1. The molecular weight excluding hydrogens is 328 g/mol. The second kappa shape index (κ2) is 6.16. The van der Waals surface area contributed by atoms with Crippen LogP contribution in [0.25, 0.3) is 0 Å². The highest BCUT2D eigenvalue weighted by atomic mass is 16.6. The fraction of sp³-hybridized carbons (Fsp3) is 0.118. The van der Waals surface area contributed by atoms with E-state index in [0.717, 1.165) is 4.90 Å². The summed E-state index contributed by atoms with van der Waals surface area (Å²) in [5, 5.41) is 20.2. The van der Waals surface area contributed by atoms with E-state index in [1.54, 1.807) is 12.1 Å². The average Bonchev–Trinajstić information content (AvgIpc) is 2.84. The Bertz CT molecular complexity index is 855. The Morgan fingerprint density at radius 3 is 2.00 bits per heavy atom. The highest BCUT2D eigenvalue weighted by Crippen LogP contribution is 2.26. The smallest absolute Gasteiger partial charge is 0.327 e. The highest BCUT2D eigenvalue weighted by molar-refractivity contribution is 6.22. The number of rotatable bonds is 5. The summed E-state index contributed by atoms with van der Waals surface area (Å²) in [7, 11) is 0. The Balaban J connectivity index is 1.90. The summed E-state index contributed by atoms with van der Waals surface area (Å²) in [5.41, 5.74) is 0.677. The summed E-state index contributed by atoms with van der Waals surface area (Å²) in [5.74, 6) is -2.64. The van der Waals surface area contributed by atoms with Gasteiger partial charge in [-0.05, 0) is 17.7 Å². The molecule has 3 rings (SSSR count). The van der Waals surface area contributed by atoms with E-state index in [1.165, 1.54) is 36.4 Å². The highest BCUT2D eigenvalue weighted by Gasteiger charge is 2.42. The van der Waals surface area contributed by atoms with Gasteiger partial charge < -0.3 is 5.11 Å². The van der Waals surface area contributed by atoms with Crippen LogP contribution in [0.3, 0.4) is 0 Å². The fourth-order valence-electron chi connectivity index (χ4n) is 2.76. The minimum Gasteiger partial charge on any atom is -0.480 e. The molecule has 0 spiro atoms. The quantitative estimate of drug-likeness (QED) is 0.504. The molecule has 0 saturated carbocycles. The van der Waals surface area contributed by atoms with Crippen LogP contribution >= 0.6 is 0 Å². The number of carbonyl (C=O) groups is 3. The van der Waals surface area contributed by atoms with Crippen LogP contribution in [0.4, 0.5) is 5.69 Å². The lowest BCUT2D eigenvalue weighted by Crippen LogP contribution is -2.46. The van der Waals surface area contributed by atoms with Gasteiger partial charge in [0.05, 0.1) is 16.1 Å². The van der Waals surface area contributed by atoms with E-state index in [0.29, 0.717) is 5.56 Å². The summed E-state index contributed by atoms with van der Waals surface area (Å²) in [6.45, 7) is 0. The van der Waals surface area contributed by atoms with Crippen molar-refractivity contribution in [3.63, 3.8) is 0 Å². The van der Waals surface area contributed by atoms with E-state index in [-0.39, 0.29) is 23.2 Å². The summed E-state index contributed by atoms with van der Waals surface area (Å²) >= 11 is 0. The Labute approximate surface area is 141 Å². The predicted octanol–water partition coefficient (Wildman–Crippen LogP) is 1.89. The topological polar surface area (TPSA) is 118 Å². The molecular formula is C17H12N2O6. The monoisotopic (exact) mass is 340 g/mol. The molecule has 0 bridgehead atoms. The van der Waals surface area contributed by atoms with Crippen molar-refractivity contribution in [1.82, 2.24) is 4.90 Å². The van der Waals surface area contributed by atoms with Crippen LogP contribution in [0.1, 0.15) is 26.3 Å². The standard InChI is InChI=1S/C17H12N2O6/c20-15-12-3-1-2-4-13(12)16(21)18(15)14(17(22)23)9-10-5-7-11(8-6-10)19(24)25/h1-8,14H,9H2,(H,22,23)/t14-/m0/s1. The van der Waals surface area contributed by atoms with Crippen LogP contribution in [0.15, 0.2) is 48.5 Å². The number of imide groups is 1. The minimum absolute atomic E-state index is 0.128. The number of nitro groups is 1. The Morgan fingerprint density at radius 1 is 1.04 bits per heavy atom. The Kier molecular flexibility index (Phi) is 4.02. The van der Waals surface area contributed by atoms with Gasteiger partial charge in [-0.3, -0.25) is 24.6 Å². The van der Waals surface area contributed by atoms with Crippen LogP contribution in [-0.4, -0.2) is 38.8 Å². The Hall–Kier alpha value is -3.55. The molecule has 0 aromatic heterocycles. The molecule has 1 heterocycles. The maximum atomic E-state index is 12.4. The van der Waals surface area contributed by atoms with Crippen LogP contribution in [-0.2, 0) is 11.2 Å². The zero-order valence-corrected chi connectivity index (χ0v) is 12.8. The molecule has 2 aromatic carbocycles. The molecule has 1 aliphatic heterocycles. The van der Waals surface area contributed by atoms with Gasteiger partial charge in [0, 0.05) is 18.6 Å². The number of fused-ring (bicyclic) bond motifs is 1. The van der Waals surface area contributed by atoms with Gasteiger partial charge in [0.25, 0.3) is 17.5 Å². The minimum atomic E-state index is -1.39.